The molecule has 82 valence electrons. The molecule has 0 spiro atoms. The van der Waals surface area contributed by atoms with Crippen molar-refractivity contribution in [2.75, 3.05) is 6.61 Å². The smallest absolute Gasteiger partial charge is 0.356 e. The fraction of sp³-hybridized carbons (Fsp3) is 0.182. The van der Waals surface area contributed by atoms with Crippen LogP contribution in [0.4, 0.5) is 0 Å². The summed E-state index contributed by atoms with van der Waals surface area (Å²) in [6.07, 6.45) is 3.79. The van der Waals surface area contributed by atoms with Crippen LogP contribution in [0.25, 0.3) is 5.65 Å². The summed E-state index contributed by atoms with van der Waals surface area (Å²) in [7, 11) is 0. The second-order valence-electron chi connectivity index (χ2n) is 3.17. The van der Waals surface area contributed by atoms with Gasteiger partial charge in [0.2, 0.25) is 0 Å². The van der Waals surface area contributed by atoms with E-state index in [1.54, 1.807) is 29.7 Å². The molecule has 0 amide bonds. The van der Waals surface area contributed by atoms with Crippen LogP contribution in [0, 0.1) is 0 Å². The van der Waals surface area contributed by atoms with Crippen molar-refractivity contribution in [3.8, 4) is 0 Å². The van der Waals surface area contributed by atoms with Crippen LogP contribution in [0.5, 0.6) is 0 Å². The summed E-state index contributed by atoms with van der Waals surface area (Å²) in [6, 6.07) is 3.22. The molecule has 0 aromatic carbocycles. The number of fused-ring (bicyclic) bond motifs is 1. The zero-order valence-corrected chi connectivity index (χ0v) is 8.71. The molecule has 0 fully saturated rings. The van der Waals surface area contributed by atoms with Crippen LogP contribution in [0.15, 0.2) is 24.5 Å². The number of esters is 1. The maximum Gasteiger partial charge on any atom is 0.356 e. The highest BCUT2D eigenvalue weighted by atomic mass is 16.5. The number of imidazole rings is 1. The lowest BCUT2D eigenvalue weighted by Crippen LogP contribution is -2.07. The SMILES string of the molecule is CCOC(=O)c1cnc2cc(C=O)ccn12. The Hall–Kier alpha value is -2.17. The van der Waals surface area contributed by atoms with E-state index < -0.39 is 5.97 Å². The minimum absolute atomic E-state index is 0.318. The van der Waals surface area contributed by atoms with E-state index in [9.17, 15) is 9.59 Å². The Balaban J connectivity index is 2.49. The van der Waals surface area contributed by atoms with Crippen LogP contribution >= 0.6 is 0 Å². The number of aromatic nitrogens is 2. The molecule has 5 nitrogen and oxygen atoms in total. The second-order valence-corrected chi connectivity index (χ2v) is 3.17. The van der Waals surface area contributed by atoms with Crippen molar-refractivity contribution in [2.45, 2.75) is 6.92 Å². The lowest BCUT2D eigenvalue weighted by molar-refractivity contribution is 0.0518. The first-order valence-corrected chi connectivity index (χ1v) is 4.85. The monoisotopic (exact) mass is 218 g/mol. The molecule has 0 saturated heterocycles. The van der Waals surface area contributed by atoms with Crippen molar-refractivity contribution in [2.24, 2.45) is 0 Å². The van der Waals surface area contributed by atoms with E-state index in [1.807, 2.05) is 0 Å². The molecule has 16 heavy (non-hydrogen) atoms. The molecule has 2 aromatic rings. The molecule has 2 aromatic heterocycles. The summed E-state index contributed by atoms with van der Waals surface area (Å²) in [6.45, 7) is 2.06. The highest BCUT2D eigenvalue weighted by Crippen LogP contribution is 2.09. The Morgan fingerprint density at radius 3 is 3.12 bits per heavy atom. The molecule has 0 unspecified atom stereocenters. The van der Waals surface area contributed by atoms with Gasteiger partial charge in [0.25, 0.3) is 0 Å². The van der Waals surface area contributed by atoms with Gasteiger partial charge in [-0.3, -0.25) is 9.20 Å². The van der Waals surface area contributed by atoms with Crippen molar-refractivity contribution in [1.82, 2.24) is 9.38 Å². The number of carbonyl (C=O) groups excluding carboxylic acids is 2. The Bertz CT molecular complexity index is 545. The minimum atomic E-state index is -0.422. The fourth-order valence-electron chi connectivity index (χ4n) is 1.43. The summed E-state index contributed by atoms with van der Waals surface area (Å²) in [4.78, 5) is 26.1. The predicted octanol–water partition coefficient (Wildman–Crippen LogP) is 1.32. The first-order valence-electron chi connectivity index (χ1n) is 4.85. The maximum absolute atomic E-state index is 11.5. The van der Waals surface area contributed by atoms with Crippen LogP contribution in [0.3, 0.4) is 0 Å². The van der Waals surface area contributed by atoms with Gasteiger partial charge >= 0.3 is 5.97 Å². The third kappa shape index (κ3) is 1.67. The Labute approximate surface area is 91.7 Å². The first kappa shape index (κ1) is 10.4. The fourth-order valence-corrected chi connectivity index (χ4v) is 1.43. The summed E-state index contributed by atoms with van der Waals surface area (Å²) in [5.41, 5.74) is 1.43. The standard InChI is InChI=1S/C11H10N2O3/c1-2-16-11(15)9-6-12-10-5-8(7-14)3-4-13(9)10/h3-7H,2H2,1H3. The number of rotatable bonds is 3. The first-order chi connectivity index (χ1) is 7.76. The average Bonchev–Trinajstić information content (AvgIpc) is 2.71. The van der Waals surface area contributed by atoms with Crippen LogP contribution in [-0.4, -0.2) is 28.2 Å². The molecule has 0 radical (unpaired) electrons. The summed E-state index contributed by atoms with van der Waals surface area (Å²) in [5.74, 6) is -0.422. The van der Waals surface area contributed by atoms with E-state index >= 15 is 0 Å². The van der Waals surface area contributed by atoms with Gasteiger partial charge in [0.1, 0.15) is 11.9 Å². The molecule has 0 aliphatic heterocycles. The van der Waals surface area contributed by atoms with Crippen LogP contribution in [-0.2, 0) is 4.74 Å². The number of carbonyl (C=O) groups is 2. The van der Waals surface area contributed by atoms with E-state index in [2.05, 4.69) is 4.98 Å². The maximum atomic E-state index is 11.5. The van der Waals surface area contributed by atoms with Gasteiger partial charge in [0.15, 0.2) is 5.69 Å². The lowest BCUT2D eigenvalue weighted by Gasteiger charge is -2.01. The van der Waals surface area contributed by atoms with Gasteiger partial charge in [0.05, 0.1) is 12.8 Å². The van der Waals surface area contributed by atoms with Crippen molar-refractivity contribution in [3.05, 3.63) is 35.8 Å². The van der Waals surface area contributed by atoms with Gasteiger partial charge in [-0.15, -0.1) is 0 Å². The third-order valence-electron chi connectivity index (χ3n) is 2.16. The number of hydrogen-bond donors (Lipinski definition) is 0. The molecule has 0 aliphatic rings. The molecular formula is C11H10N2O3. The van der Waals surface area contributed by atoms with E-state index in [0.717, 1.165) is 6.29 Å². The van der Waals surface area contributed by atoms with Crippen molar-refractivity contribution in [3.63, 3.8) is 0 Å². The van der Waals surface area contributed by atoms with Gasteiger partial charge in [-0.2, -0.15) is 0 Å². The van der Waals surface area contributed by atoms with E-state index in [4.69, 9.17) is 4.74 Å². The Kier molecular flexibility index (Phi) is 2.68. The number of ether oxygens (including phenoxy) is 1. The molecule has 0 aliphatic carbocycles. The van der Waals surface area contributed by atoms with Crippen molar-refractivity contribution in [1.29, 1.82) is 0 Å². The quantitative estimate of drug-likeness (QED) is 0.576. The molecule has 0 saturated carbocycles. The Morgan fingerprint density at radius 2 is 2.44 bits per heavy atom. The summed E-state index contributed by atoms with van der Waals surface area (Å²) in [5, 5.41) is 0. The average molecular weight is 218 g/mol. The summed E-state index contributed by atoms with van der Waals surface area (Å²) < 4.78 is 6.47. The number of pyridine rings is 1. The van der Waals surface area contributed by atoms with Crippen LogP contribution in [0.1, 0.15) is 27.8 Å². The number of aldehydes is 1. The van der Waals surface area contributed by atoms with Crippen LogP contribution in [0.2, 0.25) is 0 Å². The molecule has 0 N–H and O–H groups in total. The van der Waals surface area contributed by atoms with Gasteiger partial charge in [0, 0.05) is 11.8 Å². The van der Waals surface area contributed by atoms with Crippen LogP contribution < -0.4 is 0 Å². The van der Waals surface area contributed by atoms with Gasteiger partial charge in [-0.05, 0) is 19.1 Å². The highest BCUT2D eigenvalue weighted by Gasteiger charge is 2.12. The molecule has 2 rings (SSSR count). The lowest BCUT2D eigenvalue weighted by atomic mass is 10.3. The predicted molar refractivity (Wildman–Crippen MR) is 56.5 cm³/mol. The zero-order valence-electron chi connectivity index (χ0n) is 8.71. The number of hydrogen-bond acceptors (Lipinski definition) is 4. The molecular weight excluding hydrogens is 208 g/mol. The number of nitrogens with zero attached hydrogens (tertiary/aromatic N) is 2. The molecule has 2 heterocycles. The van der Waals surface area contributed by atoms with Gasteiger partial charge in [-0.1, -0.05) is 0 Å². The highest BCUT2D eigenvalue weighted by molar-refractivity contribution is 5.88. The normalized spacial score (nSPS) is 10.3. The second kappa shape index (κ2) is 4.14. The van der Waals surface area contributed by atoms with Crippen molar-refractivity contribution < 1.29 is 14.3 Å². The van der Waals surface area contributed by atoms with Gasteiger partial charge < -0.3 is 4.74 Å². The molecule has 0 bridgehead atoms. The molecule has 0 atom stereocenters. The Morgan fingerprint density at radius 1 is 1.62 bits per heavy atom. The summed E-state index contributed by atoms with van der Waals surface area (Å²) >= 11 is 0. The third-order valence-corrected chi connectivity index (χ3v) is 2.16. The topological polar surface area (TPSA) is 60.7 Å². The largest absolute Gasteiger partial charge is 0.461 e. The van der Waals surface area contributed by atoms with E-state index in [0.29, 0.717) is 23.5 Å². The van der Waals surface area contributed by atoms with Gasteiger partial charge in [-0.25, -0.2) is 9.78 Å². The zero-order chi connectivity index (χ0) is 11.5. The minimum Gasteiger partial charge on any atom is -0.461 e. The van der Waals surface area contributed by atoms with E-state index in [1.165, 1.54) is 6.20 Å². The van der Waals surface area contributed by atoms with Crippen molar-refractivity contribution >= 4 is 17.9 Å². The molecule has 5 heteroatoms. The van der Waals surface area contributed by atoms with E-state index in [-0.39, 0.29) is 0 Å².